The van der Waals surface area contributed by atoms with Crippen LogP contribution in [-0.4, -0.2) is 62.8 Å². The summed E-state index contributed by atoms with van der Waals surface area (Å²) in [7, 11) is 0. The van der Waals surface area contributed by atoms with Crippen LogP contribution >= 0.6 is 0 Å². The molecule has 6 nitrogen and oxygen atoms in total. The largest absolute Gasteiger partial charge is 0.394 e. The minimum atomic E-state index is -1.51. The van der Waals surface area contributed by atoms with Crippen LogP contribution in [0, 0.1) is 0 Å². The molecule has 0 amide bonds. The Hall–Kier alpha value is -0.240. The maximum absolute atomic E-state index is 9.12. The van der Waals surface area contributed by atoms with E-state index in [0.717, 1.165) is 0 Å². The quantitative estimate of drug-likeness (QED) is 0.306. The van der Waals surface area contributed by atoms with Gasteiger partial charge in [-0.2, -0.15) is 0 Å². The molecule has 0 bridgehead atoms. The summed E-state index contributed by atoms with van der Waals surface area (Å²) in [4.78, 5) is 0. The molecular formula is C6H12O6. The van der Waals surface area contributed by atoms with Crippen LogP contribution in [0.2, 0.25) is 0 Å². The van der Waals surface area contributed by atoms with E-state index in [1.165, 1.54) is 0 Å². The molecule has 0 radical (unpaired) electrons. The first-order chi connectivity index (χ1) is 5.57. The Morgan fingerprint density at radius 3 is 2.08 bits per heavy atom. The van der Waals surface area contributed by atoms with Crippen LogP contribution in [0.3, 0.4) is 0 Å². The molecule has 0 aliphatic carbocycles. The molecule has 6 heteroatoms. The predicted molar refractivity (Wildman–Crippen MR) is 36.0 cm³/mol. The molecule has 1 heterocycles. The third-order valence-electron chi connectivity index (χ3n) is 1.84. The van der Waals surface area contributed by atoms with Gasteiger partial charge in [0.25, 0.3) is 0 Å². The van der Waals surface area contributed by atoms with E-state index in [0.29, 0.717) is 0 Å². The molecule has 1 saturated heterocycles. The number of rotatable bonds is 2. The second-order valence-corrected chi connectivity index (χ2v) is 2.72. The number of ether oxygens (including phenoxy) is 1. The summed E-state index contributed by atoms with van der Waals surface area (Å²) in [6.45, 7) is -0.596. The molecule has 1 aliphatic rings. The average Bonchev–Trinajstić information content (AvgIpc) is 2.32. The molecule has 0 saturated carbocycles. The summed E-state index contributed by atoms with van der Waals surface area (Å²) < 4.78 is 4.58. The summed E-state index contributed by atoms with van der Waals surface area (Å²) in [5, 5.41) is 44.4. The van der Waals surface area contributed by atoms with Crippen LogP contribution in [0.25, 0.3) is 0 Å². The third kappa shape index (κ3) is 1.58. The van der Waals surface area contributed by atoms with Gasteiger partial charge < -0.3 is 30.3 Å². The van der Waals surface area contributed by atoms with Gasteiger partial charge in [-0.15, -0.1) is 0 Å². The topological polar surface area (TPSA) is 110 Å². The zero-order valence-corrected chi connectivity index (χ0v) is 6.24. The van der Waals surface area contributed by atoms with Crippen LogP contribution in [0.1, 0.15) is 0 Å². The van der Waals surface area contributed by atoms with Crippen LogP contribution in [0.15, 0.2) is 0 Å². The van der Waals surface area contributed by atoms with Crippen molar-refractivity contribution in [2.45, 2.75) is 30.7 Å². The number of aliphatic hydroxyl groups is 5. The summed E-state index contributed by atoms with van der Waals surface area (Å²) in [6, 6.07) is 0. The van der Waals surface area contributed by atoms with Crippen molar-refractivity contribution in [3.63, 3.8) is 0 Å². The molecule has 0 aromatic heterocycles. The highest BCUT2D eigenvalue weighted by Crippen LogP contribution is 2.21. The Labute approximate surface area is 68.6 Å². The number of aliphatic hydroxyl groups excluding tert-OH is 5. The van der Waals surface area contributed by atoms with E-state index < -0.39 is 37.3 Å². The molecule has 1 fully saturated rings. The normalized spacial score (nSPS) is 44.8. The molecule has 0 aromatic rings. The third-order valence-corrected chi connectivity index (χ3v) is 1.84. The molecule has 0 aromatic carbocycles. The number of hydrogen-bond acceptors (Lipinski definition) is 6. The Balaban J connectivity index is 2.58. The summed E-state index contributed by atoms with van der Waals surface area (Å²) in [5.41, 5.74) is 0. The van der Waals surface area contributed by atoms with Gasteiger partial charge in [0.1, 0.15) is 24.4 Å². The van der Waals surface area contributed by atoms with Crippen molar-refractivity contribution in [1.29, 1.82) is 0 Å². The van der Waals surface area contributed by atoms with Crippen molar-refractivity contribution >= 4 is 0 Å². The highest BCUT2D eigenvalue weighted by atomic mass is 16.6. The van der Waals surface area contributed by atoms with Gasteiger partial charge in [-0.25, -0.2) is 0 Å². The lowest BCUT2D eigenvalue weighted by atomic mass is 10.1. The molecule has 5 unspecified atom stereocenters. The standard InChI is InChI=1S/C6H12O6/c7-1-2(8)5-3(9)4(10)6(11)12-5/h2-11H,1H2. The van der Waals surface area contributed by atoms with Gasteiger partial charge in [0.2, 0.25) is 0 Å². The summed E-state index contributed by atoms with van der Waals surface area (Å²) in [6.07, 6.45) is -6.75. The molecule has 5 atom stereocenters. The second kappa shape index (κ2) is 3.65. The Kier molecular flexibility index (Phi) is 2.99. The number of hydrogen-bond donors (Lipinski definition) is 5. The van der Waals surface area contributed by atoms with E-state index in [2.05, 4.69) is 4.74 Å². The summed E-state index contributed by atoms with van der Waals surface area (Å²) >= 11 is 0. The first-order valence-electron chi connectivity index (χ1n) is 3.56. The molecule has 1 rings (SSSR count). The van der Waals surface area contributed by atoms with Gasteiger partial charge in [-0.05, 0) is 0 Å². The maximum atomic E-state index is 9.12. The average molecular weight is 180 g/mol. The zero-order valence-electron chi connectivity index (χ0n) is 6.24. The van der Waals surface area contributed by atoms with Crippen molar-refractivity contribution in [2.24, 2.45) is 0 Å². The monoisotopic (exact) mass is 180 g/mol. The maximum Gasteiger partial charge on any atom is 0.184 e. The molecule has 5 N–H and O–H groups in total. The highest BCUT2D eigenvalue weighted by molar-refractivity contribution is 4.89. The van der Waals surface area contributed by atoms with Gasteiger partial charge in [0, 0.05) is 0 Å². The van der Waals surface area contributed by atoms with Gasteiger partial charge >= 0.3 is 0 Å². The molecule has 12 heavy (non-hydrogen) atoms. The smallest absolute Gasteiger partial charge is 0.184 e. The Morgan fingerprint density at radius 1 is 1.17 bits per heavy atom. The molecular weight excluding hydrogens is 168 g/mol. The fourth-order valence-corrected chi connectivity index (χ4v) is 1.11. The van der Waals surface area contributed by atoms with E-state index in [-0.39, 0.29) is 0 Å². The predicted octanol–water partition coefficient (Wildman–Crippen LogP) is -3.22. The van der Waals surface area contributed by atoms with E-state index in [1.807, 2.05) is 0 Å². The van der Waals surface area contributed by atoms with Crippen LogP contribution in [-0.2, 0) is 4.74 Å². The van der Waals surface area contributed by atoms with E-state index in [9.17, 15) is 0 Å². The van der Waals surface area contributed by atoms with Gasteiger partial charge in [0.15, 0.2) is 6.29 Å². The lowest BCUT2D eigenvalue weighted by Crippen LogP contribution is -2.40. The van der Waals surface area contributed by atoms with E-state index in [1.54, 1.807) is 0 Å². The molecule has 0 spiro atoms. The minimum absolute atomic E-state index is 0.596. The fraction of sp³-hybridized carbons (Fsp3) is 1.00. The first kappa shape index (κ1) is 9.85. The lowest BCUT2D eigenvalue weighted by molar-refractivity contribution is -0.150. The Morgan fingerprint density at radius 2 is 1.75 bits per heavy atom. The van der Waals surface area contributed by atoms with Gasteiger partial charge in [0.05, 0.1) is 6.61 Å². The molecule has 72 valence electrons. The second-order valence-electron chi connectivity index (χ2n) is 2.72. The van der Waals surface area contributed by atoms with Gasteiger partial charge in [-0.1, -0.05) is 0 Å². The minimum Gasteiger partial charge on any atom is -0.394 e. The Bertz CT molecular complexity index is 151. The molecule has 1 aliphatic heterocycles. The first-order valence-corrected chi connectivity index (χ1v) is 3.56. The zero-order chi connectivity index (χ0) is 9.30. The van der Waals surface area contributed by atoms with E-state index in [4.69, 9.17) is 25.5 Å². The van der Waals surface area contributed by atoms with Crippen molar-refractivity contribution in [3.05, 3.63) is 0 Å². The van der Waals surface area contributed by atoms with E-state index >= 15 is 0 Å². The summed E-state index contributed by atoms with van der Waals surface area (Å²) in [5.74, 6) is 0. The van der Waals surface area contributed by atoms with Crippen molar-refractivity contribution in [1.82, 2.24) is 0 Å². The van der Waals surface area contributed by atoms with Crippen LogP contribution < -0.4 is 0 Å². The van der Waals surface area contributed by atoms with Crippen LogP contribution in [0.5, 0.6) is 0 Å². The van der Waals surface area contributed by atoms with Crippen LogP contribution in [0.4, 0.5) is 0 Å². The van der Waals surface area contributed by atoms with Gasteiger partial charge in [-0.3, -0.25) is 0 Å². The van der Waals surface area contributed by atoms with Crippen molar-refractivity contribution in [3.8, 4) is 0 Å². The lowest BCUT2D eigenvalue weighted by Gasteiger charge is -2.18. The van der Waals surface area contributed by atoms with Crippen molar-refractivity contribution in [2.75, 3.05) is 6.61 Å². The highest BCUT2D eigenvalue weighted by Gasteiger charge is 2.44. The fourth-order valence-electron chi connectivity index (χ4n) is 1.11. The SMILES string of the molecule is OCC(O)C1OC(O)C(O)C1O. The van der Waals surface area contributed by atoms with Crippen molar-refractivity contribution < 1.29 is 30.3 Å².